The zero-order chi connectivity index (χ0) is 14.2. The van der Waals surface area contributed by atoms with Crippen LogP contribution in [0.4, 0.5) is 0 Å². The van der Waals surface area contributed by atoms with E-state index in [1.54, 1.807) is 7.11 Å². The average molecular weight is 263 g/mol. The van der Waals surface area contributed by atoms with Crippen LogP contribution in [0.15, 0.2) is 53.6 Å². The minimum Gasteiger partial charge on any atom is -0.497 e. The van der Waals surface area contributed by atoms with Gasteiger partial charge in [-0.3, -0.25) is 0 Å². The van der Waals surface area contributed by atoms with Gasteiger partial charge in [0.2, 0.25) is 0 Å². The molecule has 0 bridgehead atoms. The third-order valence-corrected chi connectivity index (χ3v) is 2.73. The summed E-state index contributed by atoms with van der Waals surface area (Å²) in [6.07, 6.45) is 0. The second-order valence-corrected chi connectivity index (χ2v) is 4.03. The maximum Gasteiger partial charge on any atom is 0.119 e. The fourth-order valence-corrected chi connectivity index (χ4v) is 1.72. The summed E-state index contributed by atoms with van der Waals surface area (Å²) in [7, 11) is 1.60. The topological polar surface area (TPSA) is 58.0 Å². The molecule has 0 spiro atoms. The van der Waals surface area contributed by atoms with Gasteiger partial charge in [-0.15, -0.1) is 0 Å². The molecule has 0 atom stereocenters. The standard InChI is InChI=1S/C16H13N3O/c1-20-16-10-9-14(15(11-16)12-18-19-17)8-7-13-5-3-2-4-6-13/h2-6,9-11H,12H2,1H3. The molecule has 0 aliphatic carbocycles. The van der Waals surface area contributed by atoms with Crippen LogP contribution in [0.3, 0.4) is 0 Å². The van der Waals surface area contributed by atoms with Gasteiger partial charge in [-0.1, -0.05) is 35.2 Å². The zero-order valence-corrected chi connectivity index (χ0v) is 11.1. The molecule has 0 aliphatic rings. The van der Waals surface area contributed by atoms with Gasteiger partial charge in [-0.25, -0.2) is 0 Å². The molecule has 4 heteroatoms. The molecule has 2 rings (SSSR count). The second kappa shape index (κ2) is 6.89. The summed E-state index contributed by atoms with van der Waals surface area (Å²) in [4.78, 5) is 2.78. The lowest BCUT2D eigenvalue weighted by molar-refractivity contribution is 0.414. The van der Waals surface area contributed by atoms with E-state index in [-0.39, 0.29) is 6.54 Å². The number of methoxy groups -OCH3 is 1. The minimum atomic E-state index is 0.256. The van der Waals surface area contributed by atoms with Gasteiger partial charge in [-0.05, 0) is 41.4 Å². The Hall–Kier alpha value is -2.89. The van der Waals surface area contributed by atoms with Crippen molar-refractivity contribution in [3.8, 4) is 17.6 Å². The number of azide groups is 1. The molecule has 0 saturated heterocycles. The quantitative estimate of drug-likeness (QED) is 0.358. The highest BCUT2D eigenvalue weighted by Crippen LogP contribution is 2.18. The number of ether oxygens (including phenoxy) is 1. The molecule has 0 heterocycles. The van der Waals surface area contributed by atoms with E-state index in [2.05, 4.69) is 21.9 Å². The number of rotatable bonds is 3. The third kappa shape index (κ3) is 3.55. The molecule has 0 saturated carbocycles. The van der Waals surface area contributed by atoms with Gasteiger partial charge in [-0.2, -0.15) is 0 Å². The molecule has 0 aliphatic heterocycles. The van der Waals surface area contributed by atoms with Crippen molar-refractivity contribution in [3.63, 3.8) is 0 Å². The van der Waals surface area contributed by atoms with Gasteiger partial charge >= 0.3 is 0 Å². The number of hydrogen-bond acceptors (Lipinski definition) is 2. The molecule has 4 nitrogen and oxygen atoms in total. The lowest BCUT2D eigenvalue weighted by Crippen LogP contribution is -1.91. The molecule has 0 amide bonds. The minimum absolute atomic E-state index is 0.256. The molecule has 0 N–H and O–H groups in total. The third-order valence-electron chi connectivity index (χ3n) is 2.73. The zero-order valence-electron chi connectivity index (χ0n) is 11.1. The van der Waals surface area contributed by atoms with Gasteiger partial charge in [0, 0.05) is 16.0 Å². The van der Waals surface area contributed by atoms with E-state index in [0.29, 0.717) is 0 Å². The Labute approximate surface area is 117 Å². The maximum absolute atomic E-state index is 8.44. The molecular formula is C16H13N3O. The van der Waals surface area contributed by atoms with E-state index in [1.807, 2.05) is 48.5 Å². The van der Waals surface area contributed by atoms with E-state index < -0.39 is 0 Å². The van der Waals surface area contributed by atoms with Crippen molar-refractivity contribution in [2.45, 2.75) is 6.54 Å². The van der Waals surface area contributed by atoms with Crippen molar-refractivity contribution in [2.75, 3.05) is 7.11 Å². The van der Waals surface area contributed by atoms with Crippen LogP contribution in [-0.4, -0.2) is 7.11 Å². The van der Waals surface area contributed by atoms with Crippen molar-refractivity contribution < 1.29 is 4.74 Å². The summed E-state index contributed by atoms with van der Waals surface area (Å²) in [6, 6.07) is 15.3. The van der Waals surface area contributed by atoms with Crippen LogP contribution in [0.1, 0.15) is 16.7 Å². The summed E-state index contributed by atoms with van der Waals surface area (Å²) in [5.74, 6) is 6.91. The summed E-state index contributed by atoms with van der Waals surface area (Å²) in [6.45, 7) is 0.256. The largest absolute Gasteiger partial charge is 0.497 e. The van der Waals surface area contributed by atoms with Crippen LogP contribution in [-0.2, 0) is 6.54 Å². The first kappa shape index (κ1) is 13.5. The highest BCUT2D eigenvalue weighted by Gasteiger charge is 2.01. The Kier molecular flexibility index (Phi) is 4.66. The Balaban J connectivity index is 2.35. The number of benzene rings is 2. The van der Waals surface area contributed by atoms with E-state index in [1.165, 1.54) is 0 Å². The van der Waals surface area contributed by atoms with Gasteiger partial charge in [0.15, 0.2) is 0 Å². The monoisotopic (exact) mass is 263 g/mol. The van der Waals surface area contributed by atoms with Gasteiger partial charge < -0.3 is 4.74 Å². The SMILES string of the molecule is COc1ccc(C#Cc2ccccc2)c(CN=[N+]=[N-])c1. The molecule has 0 aromatic heterocycles. The van der Waals surface area contributed by atoms with Gasteiger partial charge in [0.05, 0.1) is 13.7 Å². The molecule has 20 heavy (non-hydrogen) atoms. The predicted octanol–water partition coefficient (Wildman–Crippen LogP) is 3.91. The van der Waals surface area contributed by atoms with E-state index in [9.17, 15) is 0 Å². The Morgan fingerprint density at radius 2 is 1.95 bits per heavy atom. The molecule has 98 valence electrons. The van der Waals surface area contributed by atoms with Crippen molar-refractivity contribution in [1.29, 1.82) is 0 Å². The highest BCUT2D eigenvalue weighted by molar-refractivity contribution is 5.49. The summed E-state index contributed by atoms with van der Waals surface area (Å²) in [5, 5.41) is 3.59. The summed E-state index contributed by atoms with van der Waals surface area (Å²) >= 11 is 0. The van der Waals surface area contributed by atoms with Crippen molar-refractivity contribution >= 4 is 0 Å². The summed E-state index contributed by atoms with van der Waals surface area (Å²) in [5.41, 5.74) is 11.1. The normalized spacial score (nSPS) is 9.05. The van der Waals surface area contributed by atoms with E-state index in [4.69, 9.17) is 10.3 Å². The van der Waals surface area contributed by atoms with Crippen LogP contribution in [0.5, 0.6) is 5.75 Å². The lowest BCUT2D eigenvalue weighted by atomic mass is 10.1. The maximum atomic E-state index is 8.44. The molecule has 0 radical (unpaired) electrons. The lowest BCUT2D eigenvalue weighted by Gasteiger charge is -2.04. The fraction of sp³-hybridized carbons (Fsp3) is 0.125. The highest BCUT2D eigenvalue weighted by atomic mass is 16.5. The summed E-state index contributed by atoms with van der Waals surface area (Å²) < 4.78 is 5.17. The van der Waals surface area contributed by atoms with Gasteiger partial charge in [0.1, 0.15) is 5.75 Å². The number of nitrogens with zero attached hydrogens (tertiary/aromatic N) is 3. The average Bonchev–Trinajstić information content (AvgIpc) is 2.52. The van der Waals surface area contributed by atoms with Crippen molar-refractivity contribution in [1.82, 2.24) is 0 Å². The molecule has 2 aromatic rings. The van der Waals surface area contributed by atoms with Crippen molar-refractivity contribution in [3.05, 3.63) is 75.7 Å². The van der Waals surface area contributed by atoms with Crippen LogP contribution < -0.4 is 4.74 Å². The molecule has 0 unspecified atom stereocenters. The molecule has 0 fully saturated rings. The van der Waals surface area contributed by atoms with E-state index >= 15 is 0 Å². The first-order valence-corrected chi connectivity index (χ1v) is 6.08. The van der Waals surface area contributed by atoms with E-state index in [0.717, 1.165) is 22.4 Å². The Bertz CT molecular complexity index is 693. The first-order chi connectivity index (χ1) is 9.83. The van der Waals surface area contributed by atoms with Crippen LogP contribution in [0.2, 0.25) is 0 Å². The smallest absolute Gasteiger partial charge is 0.119 e. The Morgan fingerprint density at radius 3 is 2.65 bits per heavy atom. The second-order valence-electron chi connectivity index (χ2n) is 4.03. The predicted molar refractivity (Wildman–Crippen MR) is 78.3 cm³/mol. The Morgan fingerprint density at radius 1 is 1.15 bits per heavy atom. The van der Waals surface area contributed by atoms with Gasteiger partial charge in [0.25, 0.3) is 0 Å². The first-order valence-electron chi connectivity index (χ1n) is 6.08. The van der Waals surface area contributed by atoms with Crippen LogP contribution in [0, 0.1) is 11.8 Å². The van der Waals surface area contributed by atoms with Crippen LogP contribution >= 0.6 is 0 Å². The molecule has 2 aromatic carbocycles. The van der Waals surface area contributed by atoms with Crippen LogP contribution in [0.25, 0.3) is 10.4 Å². The fourth-order valence-electron chi connectivity index (χ4n) is 1.72. The molecular weight excluding hydrogens is 250 g/mol. The van der Waals surface area contributed by atoms with Crippen molar-refractivity contribution in [2.24, 2.45) is 5.11 Å². The number of hydrogen-bond donors (Lipinski definition) is 0.